The normalized spacial score (nSPS) is 42.8. The summed E-state index contributed by atoms with van der Waals surface area (Å²) in [5.74, 6) is -1.75. The number of carbonyl (C=O) groups is 1. The van der Waals surface area contributed by atoms with Gasteiger partial charge in [0.2, 0.25) is 0 Å². The van der Waals surface area contributed by atoms with E-state index in [1.54, 1.807) is 12.2 Å². The van der Waals surface area contributed by atoms with Gasteiger partial charge in [0.05, 0.1) is 19.3 Å². The molecule has 0 aromatic rings. The van der Waals surface area contributed by atoms with Gasteiger partial charge in [-0.1, -0.05) is 12.2 Å². The number of aliphatic hydroxyl groups is 5. The van der Waals surface area contributed by atoms with Gasteiger partial charge in [-0.25, -0.2) is 4.79 Å². The zero-order chi connectivity index (χ0) is 19.0. The van der Waals surface area contributed by atoms with Gasteiger partial charge in [-0.2, -0.15) is 0 Å². The third kappa shape index (κ3) is 3.31. The zero-order valence-corrected chi connectivity index (χ0v) is 14.0. The molecule has 9 heteroatoms. The SMILES string of the molecule is O=C(O)C1=CC[C@@H](OC2OC(CO)C(O)C(O)C2O)[C@@H]2C(CO)=CC[C@H]12. The average Bonchev–Trinajstić information content (AvgIpc) is 3.06. The molecule has 1 saturated heterocycles. The van der Waals surface area contributed by atoms with Gasteiger partial charge in [0.15, 0.2) is 6.29 Å². The number of ether oxygens (including phenoxy) is 2. The lowest BCUT2D eigenvalue weighted by molar-refractivity contribution is -0.314. The number of allylic oxidation sites excluding steroid dienone is 1. The first-order chi connectivity index (χ1) is 12.4. The van der Waals surface area contributed by atoms with E-state index >= 15 is 0 Å². The molecular formula is C17H24O9. The Kier molecular flexibility index (Phi) is 5.78. The van der Waals surface area contributed by atoms with Gasteiger partial charge in [0.25, 0.3) is 0 Å². The highest BCUT2D eigenvalue weighted by molar-refractivity contribution is 5.87. The lowest BCUT2D eigenvalue weighted by Crippen LogP contribution is -2.60. The van der Waals surface area contributed by atoms with Crippen LogP contribution in [0.25, 0.3) is 0 Å². The minimum absolute atomic E-state index is 0.231. The first kappa shape index (κ1) is 19.4. The van der Waals surface area contributed by atoms with Crippen LogP contribution < -0.4 is 0 Å². The molecule has 8 atom stereocenters. The zero-order valence-electron chi connectivity index (χ0n) is 14.0. The highest BCUT2D eigenvalue weighted by atomic mass is 16.7. The van der Waals surface area contributed by atoms with E-state index in [0.29, 0.717) is 12.0 Å². The number of rotatable bonds is 5. The van der Waals surface area contributed by atoms with Crippen LogP contribution in [-0.2, 0) is 14.3 Å². The summed E-state index contributed by atoms with van der Waals surface area (Å²) >= 11 is 0. The van der Waals surface area contributed by atoms with Crippen LogP contribution in [0.15, 0.2) is 23.3 Å². The highest BCUT2D eigenvalue weighted by Gasteiger charge is 2.48. The Hall–Kier alpha value is -1.33. The maximum atomic E-state index is 11.5. The number of aliphatic hydroxyl groups excluding tert-OH is 5. The fourth-order valence-electron chi connectivity index (χ4n) is 4.09. The Morgan fingerprint density at radius 1 is 1.12 bits per heavy atom. The summed E-state index contributed by atoms with van der Waals surface area (Å²) < 4.78 is 11.2. The molecule has 146 valence electrons. The van der Waals surface area contributed by atoms with Crippen LogP contribution in [-0.4, -0.2) is 86.6 Å². The molecule has 0 aromatic heterocycles. The molecule has 0 aromatic carbocycles. The molecule has 0 saturated carbocycles. The smallest absolute Gasteiger partial charge is 0.331 e. The van der Waals surface area contributed by atoms with Crippen molar-refractivity contribution in [2.75, 3.05) is 13.2 Å². The topological polar surface area (TPSA) is 157 Å². The molecule has 1 aliphatic heterocycles. The van der Waals surface area contributed by atoms with E-state index < -0.39 is 49.4 Å². The number of carboxylic acid groups (broad SMARTS) is 1. The second kappa shape index (κ2) is 7.73. The average molecular weight is 372 g/mol. The van der Waals surface area contributed by atoms with Crippen molar-refractivity contribution in [2.45, 2.75) is 49.7 Å². The van der Waals surface area contributed by atoms with Gasteiger partial charge in [0.1, 0.15) is 24.4 Å². The van der Waals surface area contributed by atoms with E-state index in [0.717, 1.165) is 0 Å². The molecule has 6 N–H and O–H groups in total. The van der Waals surface area contributed by atoms with E-state index in [9.17, 15) is 35.4 Å². The monoisotopic (exact) mass is 372 g/mol. The number of aliphatic carboxylic acids is 1. The minimum atomic E-state index is -1.55. The Morgan fingerprint density at radius 2 is 1.85 bits per heavy atom. The van der Waals surface area contributed by atoms with Gasteiger partial charge >= 0.3 is 5.97 Å². The van der Waals surface area contributed by atoms with Crippen LogP contribution in [0.2, 0.25) is 0 Å². The summed E-state index contributed by atoms with van der Waals surface area (Å²) in [5.41, 5.74) is 0.930. The molecule has 1 heterocycles. The molecule has 9 nitrogen and oxygen atoms in total. The minimum Gasteiger partial charge on any atom is -0.478 e. The molecule has 0 spiro atoms. The molecule has 3 aliphatic rings. The quantitative estimate of drug-likeness (QED) is 0.305. The number of carboxylic acids is 1. The number of hydrogen-bond donors (Lipinski definition) is 6. The molecule has 3 rings (SSSR count). The van der Waals surface area contributed by atoms with Gasteiger partial charge in [0, 0.05) is 17.4 Å². The molecule has 26 heavy (non-hydrogen) atoms. The summed E-state index contributed by atoms with van der Waals surface area (Å²) in [6.07, 6.45) is -3.46. The van der Waals surface area contributed by atoms with Crippen LogP contribution >= 0.6 is 0 Å². The third-order valence-corrected chi connectivity index (χ3v) is 5.45. The molecule has 0 bridgehead atoms. The Labute approximate surface area is 149 Å². The Balaban J connectivity index is 1.80. The van der Waals surface area contributed by atoms with Crippen LogP contribution in [0, 0.1) is 11.8 Å². The van der Waals surface area contributed by atoms with Crippen LogP contribution in [0.5, 0.6) is 0 Å². The van der Waals surface area contributed by atoms with E-state index in [4.69, 9.17) is 9.47 Å². The molecule has 0 radical (unpaired) electrons. The second-order valence-corrected chi connectivity index (χ2v) is 6.88. The van der Waals surface area contributed by atoms with Crippen LogP contribution in [0.3, 0.4) is 0 Å². The van der Waals surface area contributed by atoms with E-state index in [1.165, 1.54) is 0 Å². The van der Waals surface area contributed by atoms with Gasteiger partial charge in [-0.05, 0) is 18.4 Å². The maximum absolute atomic E-state index is 11.5. The fraction of sp³-hybridized carbons (Fsp3) is 0.706. The lowest BCUT2D eigenvalue weighted by atomic mass is 9.76. The Bertz CT molecular complexity index is 599. The molecular weight excluding hydrogens is 348 g/mol. The van der Waals surface area contributed by atoms with Crippen molar-refractivity contribution in [3.63, 3.8) is 0 Å². The molecule has 2 aliphatic carbocycles. The lowest BCUT2D eigenvalue weighted by Gasteiger charge is -2.43. The highest BCUT2D eigenvalue weighted by Crippen LogP contribution is 2.45. The predicted molar refractivity (Wildman–Crippen MR) is 85.7 cm³/mol. The molecule has 5 unspecified atom stereocenters. The summed E-state index contributed by atoms with van der Waals surface area (Å²) in [7, 11) is 0. The van der Waals surface area contributed by atoms with Gasteiger partial charge in [-0.3, -0.25) is 0 Å². The van der Waals surface area contributed by atoms with E-state index in [-0.39, 0.29) is 30.4 Å². The summed E-state index contributed by atoms with van der Waals surface area (Å²) in [6.45, 7) is -0.797. The maximum Gasteiger partial charge on any atom is 0.331 e. The number of hydrogen-bond acceptors (Lipinski definition) is 8. The summed E-state index contributed by atoms with van der Waals surface area (Å²) in [4.78, 5) is 11.5. The molecule has 0 amide bonds. The van der Waals surface area contributed by atoms with Crippen molar-refractivity contribution in [3.8, 4) is 0 Å². The predicted octanol–water partition coefficient (Wildman–Crippen LogP) is -1.86. The first-order valence-electron chi connectivity index (χ1n) is 8.58. The second-order valence-electron chi connectivity index (χ2n) is 6.88. The van der Waals surface area contributed by atoms with Crippen LogP contribution in [0.4, 0.5) is 0 Å². The van der Waals surface area contributed by atoms with Crippen molar-refractivity contribution in [3.05, 3.63) is 23.3 Å². The first-order valence-corrected chi connectivity index (χ1v) is 8.58. The number of fused-ring (bicyclic) bond motifs is 1. The summed E-state index contributed by atoms with van der Waals surface area (Å²) in [5, 5.41) is 58.1. The van der Waals surface area contributed by atoms with E-state index in [2.05, 4.69) is 0 Å². The Morgan fingerprint density at radius 3 is 2.46 bits per heavy atom. The molecule has 1 fully saturated rings. The van der Waals surface area contributed by atoms with Crippen molar-refractivity contribution in [1.29, 1.82) is 0 Å². The van der Waals surface area contributed by atoms with E-state index in [1.807, 2.05) is 0 Å². The van der Waals surface area contributed by atoms with Crippen molar-refractivity contribution in [2.24, 2.45) is 11.8 Å². The third-order valence-electron chi connectivity index (χ3n) is 5.45. The van der Waals surface area contributed by atoms with Crippen molar-refractivity contribution in [1.82, 2.24) is 0 Å². The fourth-order valence-corrected chi connectivity index (χ4v) is 4.09. The van der Waals surface area contributed by atoms with Crippen molar-refractivity contribution < 1.29 is 44.9 Å². The van der Waals surface area contributed by atoms with Crippen molar-refractivity contribution >= 4 is 5.97 Å². The van der Waals surface area contributed by atoms with Gasteiger partial charge < -0.3 is 40.1 Å². The van der Waals surface area contributed by atoms with Crippen LogP contribution in [0.1, 0.15) is 12.8 Å². The largest absolute Gasteiger partial charge is 0.478 e. The summed E-state index contributed by atoms with van der Waals surface area (Å²) in [6, 6.07) is 0. The van der Waals surface area contributed by atoms with Gasteiger partial charge in [-0.15, -0.1) is 0 Å². The standard InChI is InChI=1S/C17H24O9/c18-5-7-1-2-8-9(16(23)24)3-4-10(12(7)8)25-17-15(22)14(21)13(20)11(6-19)26-17/h1,3,8,10-15,17-22H,2,4-6H2,(H,23,24)/t8-,10-,11?,12-,13?,14?,15?,17?/m1/s1.